The predicted octanol–water partition coefficient (Wildman–Crippen LogP) is 4.21. The molecule has 29 heavy (non-hydrogen) atoms. The van der Waals surface area contributed by atoms with Crippen molar-refractivity contribution in [1.29, 1.82) is 0 Å². The summed E-state index contributed by atoms with van der Waals surface area (Å²) in [6.07, 6.45) is 0.422. The fraction of sp³-hybridized carbons (Fsp3) is 0.200. The quantitative estimate of drug-likeness (QED) is 0.639. The van der Waals surface area contributed by atoms with Gasteiger partial charge in [-0.05, 0) is 37.1 Å². The molecule has 2 unspecified atom stereocenters. The molecule has 0 fully saturated rings. The highest BCUT2D eigenvalue weighted by atomic mass is 16.2. The van der Waals surface area contributed by atoms with Gasteiger partial charge in [0, 0.05) is 12.0 Å². The number of carbonyl (C=O) groups is 2. The lowest BCUT2D eigenvalue weighted by Crippen LogP contribution is -2.48. The molecule has 4 heteroatoms. The number of hydrogen-bond acceptors (Lipinski definition) is 2. The number of benzene rings is 3. The van der Waals surface area contributed by atoms with E-state index in [2.05, 4.69) is 10.6 Å². The predicted molar refractivity (Wildman–Crippen MR) is 116 cm³/mol. The van der Waals surface area contributed by atoms with Crippen molar-refractivity contribution in [3.63, 3.8) is 0 Å². The van der Waals surface area contributed by atoms with E-state index in [0.717, 1.165) is 11.1 Å². The Kier molecular flexibility index (Phi) is 6.80. The third-order valence-electron chi connectivity index (χ3n) is 4.88. The van der Waals surface area contributed by atoms with Crippen molar-refractivity contribution in [2.45, 2.75) is 32.4 Å². The van der Waals surface area contributed by atoms with Crippen LogP contribution in [0.4, 0.5) is 0 Å². The summed E-state index contributed by atoms with van der Waals surface area (Å²) in [5.74, 6) is -0.462. The van der Waals surface area contributed by atoms with Gasteiger partial charge < -0.3 is 10.6 Å². The van der Waals surface area contributed by atoms with Gasteiger partial charge in [-0.3, -0.25) is 9.59 Å². The standard InChI is InChI=1S/C25H26N2O2/c1-18-13-15-21(16-14-18)19(2)26-25(29)23(17-20-9-5-3-6-10-20)27-24(28)22-11-7-4-8-12-22/h3-16,19,23H,17H2,1-2H3,(H,26,29)(H,27,28). The summed E-state index contributed by atoms with van der Waals surface area (Å²) in [6.45, 7) is 3.98. The summed E-state index contributed by atoms with van der Waals surface area (Å²) in [5.41, 5.74) is 3.72. The average molecular weight is 386 g/mol. The molecule has 0 aliphatic carbocycles. The second-order valence-corrected chi connectivity index (χ2v) is 7.22. The van der Waals surface area contributed by atoms with E-state index >= 15 is 0 Å². The van der Waals surface area contributed by atoms with Crippen molar-refractivity contribution >= 4 is 11.8 Å². The lowest BCUT2D eigenvalue weighted by molar-refractivity contribution is -0.123. The molecule has 0 aliphatic heterocycles. The number of carbonyl (C=O) groups excluding carboxylic acids is 2. The van der Waals surface area contributed by atoms with Crippen LogP contribution in [0.5, 0.6) is 0 Å². The van der Waals surface area contributed by atoms with Crippen LogP contribution in [0.15, 0.2) is 84.9 Å². The SMILES string of the molecule is Cc1ccc(C(C)NC(=O)C(Cc2ccccc2)NC(=O)c2ccccc2)cc1. The van der Waals surface area contributed by atoms with Gasteiger partial charge >= 0.3 is 0 Å². The molecule has 0 radical (unpaired) electrons. The molecule has 3 aromatic carbocycles. The van der Waals surface area contributed by atoms with E-state index in [1.165, 1.54) is 5.56 Å². The Bertz CT molecular complexity index is 938. The van der Waals surface area contributed by atoms with Crippen LogP contribution in [0, 0.1) is 6.92 Å². The third-order valence-corrected chi connectivity index (χ3v) is 4.88. The van der Waals surface area contributed by atoms with E-state index in [9.17, 15) is 9.59 Å². The van der Waals surface area contributed by atoms with Gasteiger partial charge in [-0.1, -0.05) is 78.4 Å². The van der Waals surface area contributed by atoms with Crippen LogP contribution < -0.4 is 10.6 Å². The zero-order valence-electron chi connectivity index (χ0n) is 16.8. The smallest absolute Gasteiger partial charge is 0.251 e. The molecular weight excluding hydrogens is 360 g/mol. The zero-order valence-corrected chi connectivity index (χ0v) is 16.8. The molecule has 0 aromatic heterocycles. The molecule has 0 aliphatic rings. The van der Waals surface area contributed by atoms with Gasteiger partial charge in [-0.2, -0.15) is 0 Å². The topological polar surface area (TPSA) is 58.2 Å². The summed E-state index contributed by atoms with van der Waals surface area (Å²) < 4.78 is 0. The summed E-state index contributed by atoms with van der Waals surface area (Å²) >= 11 is 0. The number of nitrogens with one attached hydrogen (secondary N) is 2. The van der Waals surface area contributed by atoms with E-state index in [-0.39, 0.29) is 17.9 Å². The average Bonchev–Trinajstić information content (AvgIpc) is 2.75. The fourth-order valence-electron chi connectivity index (χ4n) is 3.14. The second kappa shape index (κ2) is 9.69. The van der Waals surface area contributed by atoms with Gasteiger partial charge in [0.25, 0.3) is 5.91 Å². The maximum Gasteiger partial charge on any atom is 0.251 e. The normalized spacial score (nSPS) is 12.6. The zero-order chi connectivity index (χ0) is 20.6. The van der Waals surface area contributed by atoms with Gasteiger partial charge in [-0.15, -0.1) is 0 Å². The molecule has 148 valence electrons. The van der Waals surface area contributed by atoms with Gasteiger partial charge in [0.2, 0.25) is 5.91 Å². The molecule has 3 aromatic rings. The lowest BCUT2D eigenvalue weighted by atomic mass is 10.0. The molecule has 0 saturated heterocycles. The Hall–Kier alpha value is -3.40. The highest BCUT2D eigenvalue weighted by Gasteiger charge is 2.23. The lowest BCUT2D eigenvalue weighted by Gasteiger charge is -2.22. The second-order valence-electron chi connectivity index (χ2n) is 7.22. The molecule has 0 bridgehead atoms. The van der Waals surface area contributed by atoms with E-state index < -0.39 is 6.04 Å². The molecule has 2 amide bonds. The molecule has 0 spiro atoms. The van der Waals surface area contributed by atoms with Crippen molar-refractivity contribution in [3.05, 3.63) is 107 Å². The van der Waals surface area contributed by atoms with Crippen molar-refractivity contribution in [3.8, 4) is 0 Å². The first-order chi connectivity index (χ1) is 14.0. The third kappa shape index (κ3) is 5.79. The minimum atomic E-state index is -0.669. The Morgan fingerprint density at radius 1 is 0.793 bits per heavy atom. The van der Waals surface area contributed by atoms with Gasteiger partial charge in [0.1, 0.15) is 6.04 Å². The summed E-state index contributed by atoms with van der Waals surface area (Å²) in [4.78, 5) is 25.7. The molecular formula is C25H26N2O2. The Morgan fingerprint density at radius 3 is 2.00 bits per heavy atom. The molecule has 0 saturated carbocycles. The van der Waals surface area contributed by atoms with E-state index in [1.807, 2.05) is 74.5 Å². The minimum absolute atomic E-state index is 0.157. The first-order valence-electron chi connectivity index (χ1n) is 9.79. The maximum absolute atomic E-state index is 13.0. The minimum Gasteiger partial charge on any atom is -0.348 e. The molecule has 3 rings (SSSR count). The Morgan fingerprint density at radius 2 is 1.38 bits per heavy atom. The summed E-state index contributed by atoms with van der Waals surface area (Å²) in [5, 5.41) is 5.94. The highest BCUT2D eigenvalue weighted by Crippen LogP contribution is 2.14. The number of aryl methyl sites for hydroxylation is 1. The molecule has 2 N–H and O–H groups in total. The monoisotopic (exact) mass is 386 g/mol. The Balaban J connectivity index is 1.75. The molecule has 0 heterocycles. The van der Waals surface area contributed by atoms with Crippen molar-refractivity contribution in [1.82, 2.24) is 10.6 Å². The first kappa shape index (κ1) is 20.3. The van der Waals surface area contributed by atoms with Crippen LogP contribution >= 0.6 is 0 Å². The van der Waals surface area contributed by atoms with Gasteiger partial charge in [-0.25, -0.2) is 0 Å². The molecule has 2 atom stereocenters. The fourth-order valence-corrected chi connectivity index (χ4v) is 3.14. The van der Waals surface area contributed by atoms with Crippen LogP contribution in [-0.2, 0) is 11.2 Å². The number of rotatable bonds is 7. The van der Waals surface area contributed by atoms with E-state index in [1.54, 1.807) is 24.3 Å². The van der Waals surface area contributed by atoms with E-state index in [4.69, 9.17) is 0 Å². The Labute approximate surface area is 172 Å². The maximum atomic E-state index is 13.0. The van der Waals surface area contributed by atoms with E-state index in [0.29, 0.717) is 12.0 Å². The van der Waals surface area contributed by atoms with Crippen molar-refractivity contribution < 1.29 is 9.59 Å². The van der Waals surface area contributed by atoms with Crippen molar-refractivity contribution in [2.75, 3.05) is 0 Å². The summed E-state index contributed by atoms with van der Waals surface area (Å²) in [6, 6.07) is 25.9. The number of hydrogen-bond donors (Lipinski definition) is 2. The van der Waals surface area contributed by atoms with Crippen molar-refractivity contribution in [2.24, 2.45) is 0 Å². The largest absolute Gasteiger partial charge is 0.348 e. The molecule has 4 nitrogen and oxygen atoms in total. The van der Waals surface area contributed by atoms with Crippen LogP contribution in [0.3, 0.4) is 0 Å². The number of amides is 2. The van der Waals surface area contributed by atoms with Crippen LogP contribution in [0.1, 0.15) is 40.0 Å². The van der Waals surface area contributed by atoms with Crippen LogP contribution in [0.25, 0.3) is 0 Å². The summed E-state index contributed by atoms with van der Waals surface area (Å²) in [7, 11) is 0. The van der Waals surface area contributed by atoms with Gasteiger partial charge in [0.05, 0.1) is 6.04 Å². The first-order valence-corrected chi connectivity index (χ1v) is 9.79. The highest BCUT2D eigenvalue weighted by molar-refractivity contribution is 5.97. The van der Waals surface area contributed by atoms with Gasteiger partial charge in [0.15, 0.2) is 0 Å². The van der Waals surface area contributed by atoms with Crippen LogP contribution in [-0.4, -0.2) is 17.9 Å². The van der Waals surface area contributed by atoms with Crippen LogP contribution in [0.2, 0.25) is 0 Å².